The fraction of sp³-hybridized carbons (Fsp3) is 0.857. The molecule has 0 heterocycles. The minimum absolute atomic E-state index is 0.0129. The van der Waals surface area contributed by atoms with Gasteiger partial charge >= 0.3 is 5.97 Å². The van der Waals surface area contributed by atoms with Crippen molar-refractivity contribution in [3.63, 3.8) is 0 Å². The molecule has 0 aliphatic heterocycles. The molecule has 0 rings (SSSR count). The summed E-state index contributed by atoms with van der Waals surface area (Å²) in [4.78, 5) is 10.4. The van der Waals surface area contributed by atoms with Gasteiger partial charge in [0.05, 0.1) is 5.92 Å². The predicted octanol–water partition coefficient (Wildman–Crippen LogP) is 0.834. The molecule has 0 aromatic carbocycles. The number of hydrogen-bond acceptors (Lipinski definition) is 2. The molecule has 0 saturated heterocycles. The van der Waals surface area contributed by atoms with Gasteiger partial charge in [-0.25, -0.2) is 0 Å². The van der Waals surface area contributed by atoms with E-state index in [-0.39, 0.29) is 12.0 Å². The Morgan fingerprint density at radius 1 is 1.70 bits per heavy atom. The first-order chi connectivity index (χ1) is 4.57. The Morgan fingerprint density at radius 3 is 2.30 bits per heavy atom. The Balaban J connectivity index is 3.72. The van der Waals surface area contributed by atoms with Gasteiger partial charge in [0.1, 0.15) is 0 Å². The van der Waals surface area contributed by atoms with Crippen LogP contribution in [-0.2, 0) is 4.79 Å². The summed E-state index contributed by atoms with van der Waals surface area (Å²) in [6, 6.07) is -0.0129. The summed E-state index contributed by atoms with van der Waals surface area (Å²) in [5, 5.41) is 8.57. The molecule has 0 radical (unpaired) electrons. The molecule has 0 saturated carbocycles. The summed E-state index contributed by atoms with van der Waals surface area (Å²) in [6.07, 6.45) is 1.24. The van der Waals surface area contributed by atoms with Crippen LogP contribution >= 0.6 is 0 Å². The number of rotatable bonds is 4. The SMILES string of the molecule is CCC(C[C@H](C)N)C(=O)O. The summed E-state index contributed by atoms with van der Waals surface area (Å²) in [7, 11) is 0. The van der Waals surface area contributed by atoms with Gasteiger partial charge in [0, 0.05) is 6.04 Å². The smallest absolute Gasteiger partial charge is 0.306 e. The Labute approximate surface area is 61.2 Å². The van der Waals surface area contributed by atoms with Gasteiger partial charge < -0.3 is 10.8 Å². The highest BCUT2D eigenvalue weighted by molar-refractivity contribution is 5.69. The van der Waals surface area contributed by atoms with Crippen LogP contribution in [0, 0.1) is 5.92 Å². The van der Waals surface area contributed by atoms with Crippen LogP contribution in [0.4, 0.5) is 0 Å². The number of nitrogens with two attached hydrogens (primary N) is 1. The molecule has 3 nitrogen and oxygen atoms in total. The normalized spacial score (nSPS) is 16.3. The van der Waals surface area contributed by atoms with Crippen LogP contribution in [0.5, 0.6) is 0 Å². The average Bonchev–Trinajstić information content (AvgIpc) is 1.81. The standard InChI is InChI=1S/C7H15NO2/c1-3-6(7(9)10)4-5(2)8/h5-6H,3-4,8H2,1-2H3,(H,9,10)/t5-,6?/m0/s1. The van der Waals surface area contributed by atoms with E-state index in [1.54, 1.807) is 0 Å². The van der Waals surface area contributed by atoms with E-state index >= 15 is 0 Å². The van der Waals surface area contributed by atoms with Crippen molar-refractivity contribution in [1.82, 2.24) is 0 Å². The number of hydrogen-bond donors (Lipinski definition) is 2. The van der Waals surface area contributed by atoms with Crippen molar-refractivity contribution >= 4 is 5.97 Å². The van der Waals surface area contributed by atoms with Gasteiger partial charge in [-0.1, -0.05) is 6.92 Å². The Kier molecular flexibility index (Phi) is 4.03. The highest BCUT2D eigenvalue weighted by atomic mass is 16.4. The molecule has 1 unspecified atom stereocenters. The zero-order valence-electron chi connectivity index (χ0n) is 6.50. The molecule has 10 heavy (non-hydrogen) atoms. The van der Waals surface area contributed by atoms with Crippen molar-refractivity contribution in [2.75, 3.05) is 0 Å². The van der Waals surface area contributed by atoms with E-state index in [0.29, 0.717) is 12.8 Å². The minimum atomic E-state index is -0.736. The highest BCUT2D eigenvalue weighted by Crippen LogP contribution is 2.09. The fourth-order valence-electron chi connectivity index (χ4n) is 0.891. The molecular weight excluding hydrogens is 130 g/mol. The maximum absolute atomic E-state index is 10.4. The van der Waals surface area contributed by atoms with Crippen molar-refractivity contribution in [3.05, 3.63) is 0 Å². The lowest BCUT2D eigenvalue weighted by Gasteiger charge is -2.11. The molecule has 0 aromatic rings. The monoisotopic (exact) mass is 145 g/mol. The van der Waals surface area contributed by atoms with Crippen LogP contribution in [0.25, 0.3) is 0 Å². The molecule has 0 aliphatic rings. The maximum Gasteiger partial charge on any atom is 0.306 e. The van der Waals surface area contributed by atoms with E-state index in [1.165, 1.54) is 0 Å². The quantitative estimate of drug-likeness (QED) is 0.616. The summed E-state index contributed by atoms with van der Waals surface area (Å²) in [5.41, 5.74) is 5.44. The summed E-state index contributed by atoms with van der Waals surface area (Å²) in [5.74, 6) is -1.00. The van der Waals surface area contributed by atoms with E-state index in [0.717, 1.165) is 0 Å². The molecular formula is C7H15NO2. The molecule has 0 amide bonds. The molecule has 0 spiro atoms. The molecule has 0 aromatic heterocycles. The third kappa shape index (κ3) is 3.45. The van der Waals surface area contributed by atoms with Gasteiger partial charge in [-0.15, -0.1) is 0 Å². The summed E-state index contributed by atoms with van der Waals surface area (Å²) >= 11 is 0. The van der Waals surface area contributed by atoms with Crippen molar-refractivity contribution in [3.8, 4) is 0 Å². The number of carboxylic acid groups (broad SMARTS) is 1. The van der Waals surface area contributed by atoms with Crippen molar-refractivity contribution in [2.24, 2.45) is 11.7 Å². The lowest BCUT2D eigenvalue weighted by molar-refractivity contribution is -0.142. The predicted molar refractivity (Wildman–Crippen MR) is 39.7 cm³/mol. The number of carboxylic acids is 1. The van der Waals surface area contributed by atoms with E-state index in [9.17, 15) is 4.79 Å². The summed E-state index contributed by atoms with van der Waals surface area (Å²) in [6.45, 7) is 3.69. The second kappa shape index (κ2) is 4.28. The lowest BCUT2D eigenvalue weighted by atomic mass is 9.99. The largest absolute Gasteiger partial charge is 0.481 e. The van der Waals surface area contributed by atoms with Crippen molar-refractivity contribution in [2.45, 2.75) is 32.7 Å². The Hall–Kier alpha value is -0.570. The van der Waals surface area contributed by atoms with Crippen LogP contribution in [-0.4, -0.2) is 17.1 Å². The first-order valence-electron chi connectivity index (χ1n) is 3.56. The van der Waals surface area contributed by atoms with Crippen LogP contribution in [0.3, 0.4) is 0 Å². The first-order valence-corrected chi connectivity index (χ1v) is 3.56. The molecule has 2 atom stereocenters. The van der Waals surface area contributed by atoms with Crippen molar-refractivity contribution < 1.29 is 9.90 Å². The second-order valence-electron chi connectivity index (χ2n) is 2.66. The van der Waals surface area contributed by atoms with Gasteiger partial charge in [-0.2, -0.15) is 0 Å². The van der Waals surface area contributed by atoms with E-state index in [2.05, 4.69) is 0 Å². The molecule has 0 fully saturated rings. The van der Waals surface area contributed by atoms with Gasteiger partial charge in [0.15, 0.2) is 0 Å². The molecule has 3 heteroatoms. The van der Waals surface area contributed by atoms with Gasteiger partial charge in [0.25, 0.3) is 0 Å². The maximum atomic E-state index is 10.4. The van der Waals surface area contributed by atoms with Crippen LogP contribution in [0.1, 0.15) is 26.7 Å². The number of aliphatic carboxylic acids is 1. The Bertz CT molecular complexity index is 112. The Morgan fingerprint density at radius 2 is 2.20 bits per heavy atom. The average molecular weight is 145 g/mol. The highest BCUT2D eigenvalue weighted by Gasteiger charge is 2.15. The van der Waals surface area contributed by atoms with Crippen molar-refractivity contribution in [1.29, 1.82) is 0 Å². The van der Waals surface area contributed by atoms with E-state index < -0.39 is 5.97 Å². The van der Waals surface area contributed by atoms with Gasteiger partial charge in [-0.3, -0.25) is 4.79 Å². The second-order valence-corrected chi connectivity index (χ2v) is 2.66. The molecule has 60 valence electrons. The number of carbonyl (C=O) groups is 1. The molecule has 0 aliphatic carbocycles. The summed E-state index contributed by atoms with van der Waals surface area (Å²) < 4.78 is 0. The topological polar surface area (TPSA) is 63.3 Å². The van der Waals surface area contributed by atoms with Crippen LogP contribution < -0.4 is 5.73 Å². The minimum Gasteiger partial charge on any atom is -0.481 e. The lowest BCUT2D eigenvalue weighted by Crippen LogP contribution is -2.24. The van der Waals surface area contributed by atoms with E-state index in [4.69, 9.17) is 10.8 Å². The zero-order valence-corrected chi connectivity index (χ0v) is 6.50. The molecule has 0 bridgehead atoms. The van der Waals surface area contributed by atoms with Crippen LogP contribution in [0.2, 0.25) is 0 Å². The first kappa shape index (κ1) is 9.43. The van der Waals surface area contributed by atoms with Gasteiger partial charge in [-0.05, 0) is 19.8 Å². The van der Waals surface area contributed by atoms with Gasteiger partial charge in [0.2, 0.25) is 0 Å². The third-order valence-electron chi connectivity index (χ3n) is 1.50. The van der Waals surface area contributed by atoms with Crippen LogP contribution in [0.15, 0.2) is 0 Å². The molecule has 3 N–H and O–H groups in total. The zero-order chi connectivity index (χ0) is 8.15. The van der Waals surface area contributed by atoms with E-state index in [1.807, 2.05) is 13.8 Å². The fourth-order valence-corrected chi connectivity index (χ4v) is 0.891. The third-order valence-corrected chi connectivity index (χ3v) is 1.50.